The van der Waals surface area contributed by atoms with Gasteiger partial charge in [-0.05, 0) is 30.5 Å². The molecule has 0 aliphatic heterocycles. The van der Waals surface area contributed by atoms with Gasteiger partial charge in [-0.3, -0.25) is 0 Å². The lowest BCUT2D eigenvalue weighted by atomic mass is 10.3. The molecule has 1 aromatic carbocycles. The van der Waals surface area contributed by atoms with E-state index in [0.717, 1.165) is 28.3 Å². The molecule has 0 fully saturated rings. The minimum absolute atomic E-state index is 0.575. The summed E-state index contributed by atoms with van der Waals surface area (Å²) in [7, 11) is 0. The molecule has 0 aliphatic carbocycles. The molecule has 0 unspecified atom stereocenters. The van der Waals surface area contributed by atoms with Gasteiger partial charge in [-0.2, -0.15) is 16.3 Å². The SMILES string of the molecule is CCn1c(SCc2noc(-c3ccsc3)n2)nc2ccccc21. The lowest BCUT2D eigenvalue weighted by molar-refractivity contribution is 0.425. The highest BCUT2D eigenvalue weighted by Crippen LogP contribution is 2.27. The van der Waals surface area contributed by atoms with Crippen molar-refractivity contribution < 1.29 is 4.52 Å². The predicted molar refractivity (Wildman–Crippen MR) is 92.6 cm³/mol. The van der Waals surface area contributed by atoms with Crippen LogP contribution in [0.2, 0.25) is 0 Å². The van der Waals surface area contributed by atoms with Crippen LogP contribution in [0.1, 0.15) is 12.7 Å². The predicted octanol–water partition coefficient (Wildman–Crippen LogP) is 4.46. The number of para-hydroxylation sites is 2. The summed E-state index contributed by atoms with van der Waals surface area (Å²) in [4.78, 5) is 9.14. The van der Waals surface area contributed by atoms with E-state index in [2.05, 4.69) is 27.7 Å². The molecule has 4 aromatic rings. The molecule has 0 N–H and O–H groups in total. The minimum atomic E-state index is 0.575. The molecule has 0 saturated heterocycles. The Bertz CT molecular complexity index is 927. The van der Waals surface area contributed by atoms with Gasteiger partial charge in [-0.15, -0.1) is 0 Å². The van der Waals surface area contributed by atoms with Gasteiger partial charge < -0.3 is 9.09 Å². The molecule has 4 rings (SSSR count). The average Bonchev–Trinajstić information content (AvgIpc) is 3.30. The Balaban J connectivity index is 1.55. The molecule has 3 heterocycles. The zero-order valence-electron chi connectivity index (χ0n) is 12.5. The maximum Gasteiger partial charge on any atom is 0.258 e. The summed E-state index contributed by atoms with van der Waals surface area (Å²) in [6.07, 6.45) is 0. The van der Waals surface area contributed by atoms with Crippen LogP contribution in [0, 0.1) is 0 Å². The van der Waals surface area contributed by atoms with E-state index in [0.29, 0.717) is 17.5 Å². The normalized spacial score (nSPS) is 11.3. The lowest BCUT2D eigenvalue weighted by Gasteiger charge is -2.03. The fourth-order valence-electron chi connectivity index (χ4n) is 2.41. The van der Waals surface area contributed by atoms with Crippen LogP contribution in [0.25, 0.3) is 22.5 Å². The molecule has 3 aromatic heterocycles. The zero-order chi connectivity index (χ0) is 15.6. The van der Waals surface area contributed by atoms with Gasteiger partial charge in [0.15, 0.2) is 11.0 Å². The van der Waals surface area contributed by atoms with Crippen molar-refractivity contribution in [2.24, 2.45) is 0 Å². The third-order valence-electron chi connectivity index (χ3n) is 3.50. The third kappa shape index (κ3) is 2.77. The fraction of sp³-hybridized carbons (Fsp3) is 0.188. The number of thiophene rings is 1. The Morgan fingerprint density at radius 2 is 2.13 bits per heavy atom. The van der Waals surface area contributed by atoms with Crippen molar-refractivity contribution in [3.05, 3.63) is 46.9 Å². The van der Waals surface area contributed by atoms with Crippen LogP contribution in [-0.2, 0) is 12.3 Å². The average molecular weight is 342 g/mol. The molecule has 7 heteroatoms. The Morgan fingerprint density at radius 3 is 2.96 bits per heavy atom. The zero-order valence-corrected chi connectivity index (χ0v) is 14.1. The van der Waals surface area contributed by atoms with Crippen LogP contribution in [0.3, 0.4) is 0 Å². The largest absolute Gasteiger partial charge is 0.334 e. The highest BCUT2D eigenvalue weighted by molar-refractivity contribution is 7.98. The van der Waals surface area contributed by atoms with Gasteiger partial charge >= 0.3 is 0 Å². The monoisotopic (exact) mass is 342 g/mol. The van der Waals surface area contributed by atoms with Gasteiger partial charge in [0.25, 0.3) is 5.89 Å². The van der Waals surface area contributed by atoms with E-state index >= 15 is 0 Å². The van der Waals surface area contributed by atoms with Gasteiger partial charge in [0, 0.05) is 11.9 Å². The second-order valence-electron chi connectivity index (χ2n) is 4.94. The second-order valence-corrected chi connectivity index (χ2v) is 6.67. The van der Waals surface area contributed by atoms with Crippen molar-refractivity contribution in [3.63, 3.8) is 0 Å². The van der Waals surface area contributed by atoms with Gasteiger partial charge in [0.2, 0.25) is 0 Å². The number of hydrogen-bond donors (Lipinski definition) is 0. The van der Waals surface area contributed by atoms with E-state index in [-0.39, 0.29) is 0 Å². The number of benzene rings is 1. The van der Waals surface area contributed by atoms with Crippen molar-refractivity contribution in [2.45, 2.75) is 24.4 Å². The summed E-state index contributed by atoms with van der Waals surface area (Å²) in [6.45, 7) is 3.01. The van der Waals surface area contributed by atoms with Crippen molar-refractivity contribution in [2.75, 3.05) is 0 Å². The summed E-state index contributed by atoms with van der Waals surface area (Å²) in [6, 6.07) is 10.2. The van der Waals surface area contributed by atoms with Crippen LogP contribution >= 0.6 is 23.1 Å². The molecular weight excluding hydrogens is 328 g/mol. The summed E-state index contributed by atoms with van der Waals surface area (Å²) in [5, 5.41) is 9.04. The summed E-state index contributed by atoms with van der Waals surface area (Å²) in [5.41, 5.74) is 3.15. The molecule has 0 spiro atoms. The standard InChI is InChI=1S/C16H14N4OS2/c1-2-20-13-6-4-3-5-12(13)17-16(20)23-10-14-18-15(21-19-14)11-7-8-22-9-11/h3-9H,2,10H2,1H3. The molecular formula is C16H14N4OS2. The number of fused-ring (bicyclic) bond motifs is 1. The van der Waals surface area contributed by atoms with Crippen molar-refractivity contribution in [1.82, 2.24) is 19.7 Å². The summed E-state index contributed by atoms with van der Waals surface area (Å²) in [5.74, 6) is 1.90. The summed E-state index contributed by atoms with van der Waals surface area (Å²) < 4.78 is 7.53. The molecule has 0 radical (unpaired) electrons. The van der Waals surface area contributed by atoms with Gasteiger partial charge in [0.1, 0.15) is 0 Å². The molecule has 0 saturated carbocycles. The van der Waals surface area contributed by atoms with Gasteiger partial charge in [-0.1, -0.05) is 29.1 Å². The van der Waals surface area contributed by atoms with Gasteiger partial charge in [-0.25, -0.2) is 4.98 Å². The van der Waals surface area contributed by atoms with E-state index in [1.165, 1.54) is 0 Å². The van der Waals surface area contributed by atoms with E-state index < -0.39 is 0 Å². The van der Waals surface area contributed by atoms with Crippen molar-refractivity contribution >= 4 is 34.1 Å². The van der Waals surface area contributed by atoms with E-state index in [1.54, 1.807) is 23.1 Å². The van der Waals surface area contributed by atoms with Crippen molar-refractivity contribution in [3.8, 4) is 11.5 Å². The third-order valence-corrected chi connectivity index (χ3v) is 5.16. The molecule has 0 aliphatic rings. The number of rotatable bonds is 5. The van der Waals surface area contributed by atoms with E-state index in [9.17, 15) is 0 Å². The van der Waals surface area contributed by atoms with Crippen LogP contribution < -0.4 is 0 Å². The number of nitrogens with zero attached hydrogens (tertiary/aromatic N) is 4. The smallest absolute Gasteiger partial charge is 0.258 e. The first-order chi connectivity index (χ1) is 11.3. The number of imidazole rings is 1. The molecule has 23 heavy (non-hydrogen) atoms. The highest BCUT2D eigenvalue weighted by Gasteiger charge is 2.13. The Labute approximate surface area is 141 Å². The maximum absolute atomic E-state index is 5.32. The molecule has 5 nitrogen and oxygen atoms in total. The van der Waals surface area contributed by atoms with Crippen LogP contribution in [0.15, 0.2) is 50.8 Å². The van der Waals surface area contributed by atoms with E-state index in [1.807, 2.05) is 35.0 Å². The number of thioether (sulfide) groups is 1. The van der Waals surface area contributed by atoms with Crippen LogP contribution in [0.4, 0.5) is 0 Å². The molecule has 116 valence electrons. The Hall–Kier alpha value is -2.12. The Kier molecular flexibility index (Phi) is 3.88. The number of hydrogen-bond acceptors (Lipinski definition) is 6. The Morgan fingerprint density at radius 1 is 1.22 bits per heavy atom. The van der Waals surface area contributed by atoms with Gasteiger partial charge in [0.05, 0.1) is 22.3 Å². The number of aryl methyl sites for hydroxylation is 1. The topological polar surface area (TPSA) is 56.7 Å². The fourth-order valence-corrected chi connectivity index (χ4v) is 3.97. The quantitative estimate of drug-likeness (QED) is 0.501. The first-order valence-corrected chi connectivity index (χ1v) is 9.21. The molecule has 0 amide bonds. The van der Waals surface area contributed by atoms with E-state index in [4.69, 9.17) is 9.51 Å². The highest BCUT2D eigenvalue weighted by atomic mass is 32.2. The summed E-state index contributed by atoms with van der Waals surface area (Å²) >= 11 is 3.25. The lowest BCUT2D eigenvalue weighted by Crippen LogP contribution is -1.96. The van der Waals surface area contributed by atoms with Crippen LogP contribution in [0.5, 0.6) is 0 Å². The minimum Gasteiger partial charge on any atom is -0.334 e. The second kappa shape index (κ2) is 6.17. The number of aromatic nitrogens is 4. The van der Waals surface area contributed by atoms with Crippen molar-refractivity contribution in [1.29, 1.82) is 0 Å². The van der Waals surface area contributed by atoms with Crippen LogP contribution in [-0.4, -0.2) is 19.7 Å². The molecule has 0 bridgehead atoms. The maximum atomic E-state index is 5.32. The molecule has 0 atom stereocenters. The first kappa shape index (κ1) is 14.5. The first-order valence-electron chi connectivity index (χ1n) is 7.28.